The van der Waals surface area contributed by atoms with Gasteiger partial charge in [-0.1, -0.05) is 13.3 Å². The summed E-state index contributed by atoms with van der Waals surface area (Å²) in [6, 6.07) is 2.99. The molecule has 21 heavy (non-hydrogen) atoms. The van der Waals surface area contributed by atoms with Crippen molar-refractivity contribution in [3.05, 3.63) is 24.0 Å². The van der Waals surface area contributed by atoms with E-state index in [1.54, 1.807) is 0 Å². The van der Waals surface area contributed by atoms with E-state index in [0.717, 1.165) is 31.0 Å². The van der Waals surface area contributed by atoms with Crippen LogP contribution < -0.4 is 10.1 Å². The second kappa shape index (κ2) is 7.61. The van der Waals surface area contributed by atoms with E-state index in [2.05, 4.69) is 5.32 Å². The molecule has 0 aliphatic carbocycles. The van der Waals surface area contributed by atoms with Crippen molar-refractivity contribution in [1.82, 2.24) is 5.32 Å². The van der Waals surface area contributed by atoms with Crippen molar-refractivity contribution in [2.24, 2.45) is 0 Å². The highest BCUT2D eigenvalue weighted by atomic mass is 35.7. The lowest BCUT2D eigenvalue weighted by Gasteiger charge is -2.15. The molecule has 8 heteroatoms. The fourth-order valence-corrected chi connectivity index (χ4v) is 2.27. The number of hydrogen-bond donors (Lipinski definition) is 1. The van der Waals surface area contributed by atoms with Crippen LogP contribution in [0.3, 0.4) is 0 Å². The van der Waals surface area contributed by atoms with E-state index in [1.165, 1.54) is 6.92 Å². The third kappa shape index (κ3) is 5.51. The maximum atomic E-state index is 13.7. The summed E-state index contributed by atoms with van der Waals surface area (Å²) < 4.78 is 41.0. The molecule has 1 aromatic carbocycles. The Morgan fingerprint density at radius 1 is 1.48 bits per heavy atom. The molecule has 1 N–H and O–H groups in total. The lowest BCUT2D eigenvalue weighted by Crippen LogP contribution is -2.36. The monoisotopic (exact) mass is 337 g/mol. The van der Waals surface area contributed by atoms with Gasteiger partial charge < -0.3 is 10.1 Å². The number of benzene rings is 1. The number of halogens is 2. The molecule has 0 aliphatic rings. The Bertz CT molecular complexity index is 606. The zero-order valence-electron chi connectivity index (χ0n) is 11.7. The minimum Gasteiger partial charge on any atom is -0.478 e. The molecule has 0 saturated carbocycles. The molecular formula is C13H17ClFNO4S. The normalized spacial score (nSPS) is 12.8. The van der Waals surface area contributed by atoms with Gasteiger partial charge in [0.25, 0.3) is 15.0 Å². The minimum absolute atomic E-state index is 0.211. The zero-order chi connectivity index (χ0) is 16.0. The number of rotatable bonds is 7. The largest absolute Gasteiger partial charge is 0.478 e. The molecule has 0 aliphatic heterocycles. The van der Waals surface area contributed by atoms with Crippen LogP contribution in [-0.4, -0.2) is 27.0 Å². The molecule has 1 amide bonds. The SMILES string of the molecule is CCCCNC(=O)C(C)Oc1ccc(S(=O)(=O)Cl)cc1F. The van der Waals surface area contributed by atoms with Gasteiger partial charge in [-0.3, -0.25) is 4.79 Å². The molecule has 0 spiro atoms. The van der Waals surface area contributed by atoms with Crippen molar-refractivity contribution in [3.63, 3.8) is 0 Å². The summed E-state index contributed by atoms with van der Waals surface area (Å²) in [5.74, 6) is -1.47. The Morgan fingerprint density at radius 3 is 2.67 bits per heavy atom. The Hall–Kier alpha value is -1.34. The highest BCUT2D eigenvalue weighted by molar-refractivity contribution is 8.13. The van der Waals surface area contributed by atoms with E-state index in [4.69, 9.17) is 15.4 Å². The van der Waals surface area contributed by atoms with Crippen LogP contribution >= 0.6 is 10.7 Å². The standard InChI is InChI=1S/C13H17ClFNO4S/c1-3-4-7-16-13(17)9(2)20-12-6-5-10(8-11(12)15)21(14,18)19/h5-6,8-9H,3-4,7H2,1-2H3,(H,16,17). The van der Waals surface area contributed by atoms with Crippen molar-refractivity contribution in [3.8, 4) is 5.75 Å². The van der Waals surface area contributed by atoms with Gasteiger partial charge in [0.1, 0.15) is 0 Å². The van der Waals surface area contributed by atoms with Crippen molar-refractivity contribution >= 4 is 25.6 Å². The van der Waals surface area contributed by atoms with Crippen molar-refractivity contribution in [2.45, 2.75) is 37.7 Å². The summed E-state index contributed by atoms with van der Waals surface area (Å²) in [5.41, 5.74) is 0. The van der Waals surface area contributed by atoms with Crippen molar-refractivity contribution in [1.29, 1.82) is 0 Å². The maximum absolute atomic E-state index is 13.7. The molecule has 0 radical (unpaired) electrons. The summed E-state index contributed by atoms with van der Waals surface area (Å²) in [6.45, 7) is 4.00. The predicted molar refractivity (Wildman–Crippen MR) is 77.4 cm³/mol. The van der Waals surface area contributed by atoms with Gasteiger partial charge in [0, 0.05) is 17.2 Å². The van der Waals surface area contributed by atoms with E-state index >= 15 is 0 Å². The first kappa shape index (κ1) is 17.7. The topological polar surface area (TPSA) is 72.5 Å². The first-order chi connectivity index (χ1) is 9.75. The summed E-state index contributed by atoms with van der Waals surface area (Å²) in [6.07, 6.45) is 0.892. The number of unbranched alkanes of at least 4 members (excludes halogenated alkanes) is 1. The van der Waals surface area contributed by atoms with Crippen molar-refractivity contribution in [2.75, 3.05) is 6.54 Å². The lowest BCUT2D eigenvalue weighted by atomic mass is 10.3. The van der Waals surface area contributed by atoms with Crippen LogP contribution in [0.4, 0.5) is 4.39 Å². The molecule has 0 saturated heterocycles. The van der Waals surface area contributed by atoms with Crippen LogP contribution in [0.25, 0.3) is 0 Å². The van der Waals surface area contributed by atoms with Crippen LogP contribution in [0.2, 0.25) is 0 Å². The van der Waals surface area contributed by atoms with Gasteiger partial charge in [-0.15, -0.1) is 0 Å². The summed E-state index contributed by atoms with van der Waals surface area (Å²) in [4.78, 5) is 11.3. The molecule has 0 bridgehead atoms. The molecule has 0 fully saturated rings. The van der Waals surface area contributed by atoms with Crippen LogP contribution in [0.5, 0.6) is 5.75 Å². The van der Waals surface area contributed by atoms with Gasteiger partial charge in [0.2, 0.25) is 0 Å². The molecule has 118 valence electrons. The van der Waals surface area contributed by atoms with E-state index in [9.17, 15) is 17.6 Å². The summed E-state index contributed by atoms with van der Waals surface area (Å²) >= 11 is 0. The van der Waals surface area contributed by atoms with Crippen LogP contribution in [0.15, 0.2) is 23.1 Å². The molecule has 0 aromatic heterocycles. The number of carbonyl (C=O) groups is 1. The second-order valence-corrected chi connectivity index (χ2v) is 7.00. The van der Waals surface area contributed by atoms with Gasteiger partial charge in [0.05, 0.1) is 4.90 Å². The first-order valence-electron chi connectivity index (χ1n) is 6.44. The van der Waals surface area contributed by atoms with Gasteiger partial charge >= 0.3 is 0 Å². The third-order valence-electron chi connectivity index (χ3n) is 2.69. The molecule has 1 atom stereocenters. The third-order valence-corrected chi connectivity index (χ3v) is 4.04. The molecule has 1 unspecified atom stereocenters. The van der Waals surface area contributed by atoms with Crippen molar-refractivity contribution < 1.29 is 22.3 Å². The van der Waals surface area contributed by atoms with Gasteiger partial charge in [0.15, 0.2) is 17.7 Å². The number of hydrogen-bond acceptors (Lipinski definition) is 4. The fourth-order valence-electron chi connectivity index (χ4n) is 1.50. The van der Waals surface area contributed by atoms with Gasteiger partial charge in [-0.2, -0.15) is 0 Å². The Balaban J connectivity index is 2.73. The van der Waals surface area contributed by atoms with E-state index in [1.807, 2.05) is 6.92 Å². The molecule has 0 heterocycles. The summed E-state index contributed by atoms with van der Waals surface area (Å²) in [5, 5.41) is 2.66. The fraction of sp³-hybridized carbons (Fsp3) is 0.462. The second-order valence-electron chi connectivity index (χ2n) is 4.43. The number of carbonyl (C=O) groups excluding carboxylic acids is 1. The Labute approximate surface area is 127 Å². The Morgan fingerprint density at radius 2 is 2.14 bits per heavy atom. The lowest BCUT2D eigenvalue weighted by molar-refractivity contribution is -0.127. The highest BCUT2D eigenvalue weighted by Crippen LogP contribution is 2.24. The summed E-state index contributed by atoms with van der Waals surface area (Å²) in [7, 11) is 1.11. The van der Waals surface area contributed by atoms with Crippen LogP contribution in [0.1, 0.15) is 26.7 Å². The molecule has 1 rings (SSSR count). The zero-order valence-corrected chi connectivity index (χ0v) is 13.3. The average Bonchev–Trinajstić information content (AvgIpc) is 2.39. The molecule has 1 aromatic rings. The number of nitrogens with one attached hydrogen (secondary N) is 1. The van der Waals surface area contributed by atoms with Crippen LogP contribution in [-0.2, 0) is 13.8 Å². The number of ether oxygens (including phenoxy) is 1. The maximum Gasteiger partial charge on any atom is 0.261 e. The van der Waals surface area contributed by atoms with Gasteiger partial charge in [-0.25, -0.2) is 12.8 Å². The Kier molecular flexibility index (Phi) is 6.42. The average molecular weight is 338 g/mol. The quantitative estimate of drug-likeness (QED) is 0.612. The smallest absolute Gasteiger partial charge is 0.261 e. The first-order valence-corrected chi connectivity index (χ1v) is 8.75. The van der Waals surface area contributed by atoms with Gasteiger partial charge in [-0.05, 0) is 31.5 Å². The molecule has 5 nitrogen and oxygen atoms in total. The predicted octanol–water partition coefficient (Wildman–Crippen LogP) is 2.44. The molecular weight excluding hydrogens is 321 g/mol. The highest BCUT2D eigenvalue weighted by Gasteiger charge is 2.18. The minimum atomic E-state index is -4.00. The number of amides is 1. The van der Waals surface area contributed by atoms with Crippen LogP contribution in [0, 0.1) is 5.82 Å². The van der Waals surface area contributed by atoms with E-state index in [0.29, 0.717) is 6.54 Å². The van der Waals surface area contributed by atoms with E-state index < -0.39 is 21.0 Å². The van der Waals surface area contributed by atoms with E-state index in [-0.39, 0.29) is 16.6 Å².